The highest BCUT2D eigenvalue weighted by molar-refractivity contribution is 9.44. The fraction of sp³-hybridized carbons (Fsp3) is 0.647. The highest BCUT2D eigenvalue weighted by Crippen LogP contribution is 2.79. The van der Waals surface area contributed by atoms with Gasteiger partial charge in [0, 0.05) is 5.41 Å². The van der Waals surface area contributed by atoms with E-state index in [1.165, 1.54) is 38.5 Å². The molecule has 4 saturated carbocycles. The molecule has 0 radical (unpaired) electrons. The van der Waals surface area contributed by atoms with Crippen molar-refractivity contribution in [3.8, 4) is 0 Å². The van der Waals surface area contributed by atoms with E-state index in [0.29, 0.717) is 5.41 Å². The Bertz CT molecular complexity index is 530. The van der Waals surface area contributed by atoms with Crippen LogP contribution in [-0.2, 0) is 4.08 Å². The van der Waals surface area contributed by atoms with Crippen molar-refractivity contribution in [3.05, 3.63) is 35.9 Å². The van der Waals surface area contributed by atoms with Crippen molar-refractivity contribution in [2.45, 2.75) is 42.6 Å². The second-order valence-corrected chi connectivity index (χ2v) is 17.5. The maximum Gasteiger partial charge on any atom is 0.114 e. The van der Waals surface area contributed by atoms with Crippen LogP contribution in [0.5, 0.6) is 0 Å². The summed E-state index contributed by atoms with van der Waals surface area (Å²) in [6.07, 6.45) is 9.02. The molecule has 5 aliphatic rings. The predicted octanol–water partition coefficient (Wildman–Crippen LogP) is 8.04. The Kier molecular flexibility index (Phi) is 4.65. The summed E-state index contributed by atoms with van der Waals surface area (Å²) in [6, 6.07) is 11.5. The molecule has 23 heavy (non-hydrogen) atoms. The molecular formula is C17H20S6. The lowest BCUT2D eigenvalue weighted by Gasteiger charge is -2.62. The van der Waals surface area contributed by atoms with Crippen molar-refractivity contribution in [2.75, 3.05) is 0 Å². The van der Waals surface area contributed by atoms with E-state index in [2.05, 4.69) is 51.9 Å². The summed E-state index contributed by atoms with van der Waals surface area (Å²) in [5.74, 6) is 3.05. The van der Waals surface area contributed by atoms with Crippen LogP contribution in [0.2, 0.25) is 0 Å². The van der Waals surface area contributed by atoms with Crippen LogP contribution in [0.3, 0.4) is 0 Å². The molecule has 5 fully saturated rings. The van der Waals surface area contributed by atoms with E-state index in [9.17, 15) is 0 Å². The van der Waals surface area contributed by atoms with Crippen LogP contribution in [0, 0.1) is 23.2 Å². The van der Waals surface area contributed by atoms with Gasteiger partial charge in [0.05, 0.1) is 0 Å². The number of hydrogen-bond acceptors (Lipinski definition) is 6. The summed E-state index contributed by atoms with van der Waals surface area (Å²) in [4.78, 5) is 0. The first-order valence-corrected chi connectivity index (χ1v) is 15.9. The number of rotatable bonds is 2. The van der Waals surface area contributed by atoms with E-state index >= 15 is 0 Å². The topological polar surface area (TPSA) is 0 Å². The normalized spacial score (nSPS) is 41.7. The van der Waals surface area contributed by atoms with Crippen LogP contribution >= 0.6 is 60.9 Å². The van der Waals surface area contributed by atoms with E-state index in [0.717, 1.165) is 17.8 Å². The van der Waals surface area contributed by atoms with Gasteiger partial charge in [-0.15, -0.1) is 0 Å². The Morgan fingerprint density at radius 3 is 1.74 bits per heavy atom. The van der Waals surface area contributed by atoms with E-state index in [-0.39, 0.29) is 4.08 Å². The lowest BCUT2D eigenvalue weighted by Crippen LogP contribution is -2.53. The van der Waals surface area contributed by atoms with Gasteiger partial charge in [0.15, 0.2) is 0 Å². The monoisotopic (exact) mass is 416 g/mol. The first-order valence-electron chi connectivity index (χ1n) is 8.39. The van der Waals surface area contributed by atoms with Crippen LogP contribution < -0.4 is 0 Å². The smallest absolute Gasteiger partial charge is 0.0622 e. The Labute approximate surface area is 161 Å². The summed E-state index contributed by atoms with van der Waals surface area (Å²) >= 11 is 0. The van der Waals surface area contributed by atoms with Crippen LogP contribution in [0.25, 0.3) is 0 Å². The minimum absolute atomic E-state index is 0.232. The van der Waals surface area contributed by atoms with Crippen molar-refractivity contribution >= 4 is 60.9 Å². The maximum absolute atomic E-state index is 2.40. The molecule has 0 N–H and O–H groups in total. The lowest BCUT2D eigenvalue weighted by molar-refractivity contribution is -0.0597. The molecule has 6 rings (SSSR count). The van der Waals surface area contributed by atoms with Gasteiger partial charge < -0.3 is 0 Å². The number of benzene rings is 1. The van der Waals surface area contributed by atoms with Crippen molar-refractivity contribution in [3.63, 3.8) is 0 Å². The molecule has 4 aliphatic carbocycles. The molecule has 124 valence electrons. The second kappa shape index (κ2) is 6.49. The molecule has 0 amide bonds. The standard InChI is InChI=1S/C17H20S6/c1-2-4-15(5-3-1)17(18-20-22-23-21-19-17)16-9-12-6-13(10-16)8-14(7-12)11-16/h1-5,12-14H,6-11H2. The van der Waals surface area contributed by atoms with Crippen LogP contribution in [0.15, 0.2) is 30.3 Å². The molecule has 0 nitrogen and oxygen atoms in total. The van der Waals surface area contributed by atoms with Gasteiger partial charge >= 0.3 is 0 Å². The van der Waals surface area contributed by atoms with Gasteiger partial charge in [0.25, 0.3) is 0 Å². The largest absolute Gasteiger partial charge is 0.114 e. The minimum Gasteiger partial charge on any atom is -0.0622 e. The first kappa shape index (κ1) is 16.5. The van der Waals surface area contributed by atoms with Crippen molar-refractivity contribution in [1.29, 1.82) is 0 Å². The molecular weight excluding hydrogens is 397 g/mol. The van der Waals surface area contributed by atoms with Gasteiger partial charge in [-0.1, -0.05) is 51.9 Å². The predicted molar refractivity (Wildman–Crippen MR) is 114 cm³/mol. The van der Waals surface area contributed by atoms with Gasteiger partial charge in [0.1, 0.15) is 4.08 Å². The fourth-order valence-electron chi connectivity index (χ4n) is 5.91. The van der Waals surface area contributed by atoms with Crippen molar-refractivity contribution < 1.29 is 0 Å². The van der Waals surface area contributed by atoms with Crippen LogP contribution in [-0.4, -0.2) is 0 Å². The van der Waals surface area contributed by atoms with Gasteiger partial charge in [0.2, 0.25) is 0 Å². The molecule has 0 spiro atoms. The van der Waals surface area contributed by atoms with Gasteiger partial charge in [-0.05, 0) is 101 Å². The molecule has 1 aliphatic heterocycles. The summed E-state index contributed by atoms with van der Waals surface area (Å²) < 4.78 is 0.232. The minimum atomic E-state index is 0.232. The molecule has 1 heterocycles. The van der Waals surface area contributed by atoms with Crippen LogP contribution in [0.4, 0.5) is 0 Å². The van der Waals surface area contributed by atoms with E-state index in [4.69, 9.17) is 0 Å². The van der Waals surface area contributed by atoms with E-state index in [1.807, 2.05) is 39.3 Å². The Balaban J connectivity index is 1.62. The number of hydrogen-bond donors (Lipinski definition) is 0. The SMILES string of the molecule is c1ccc(C2(C34CC5CC(CC(C5)C3)C4)SSSSSS2)cc1. The second-order valence-electron chi connectivity index (χ2n) is 7.62. The highest BCUT2D eigenvalue weighted by atomic mass is 33.9. The zero-order valence-electron chi connectivity index (χ0n) is 12.8. The molecule has 0 unspecified atom stereocenters. The molecule has 0 aromatic heterocycles. The molecule has 1 saturated heterocycles. The fourth-order valence-corrected chi connectivity index (χ4v) is 21.7. The molecule has 1 aromatic carbocycles. The average Bonchev–Trinajstić information content (AvgIpc) is 2.82. The third-order valence-corrected chi connectivity index (χ3v) is 19.2. The van der Waals surface area contributed by atoms with E-state index < -0.39 is 0 Å². The molecule has 1 aromatic rings. The summed E-state index contributed by atoms with van der Waals surface area (Å²) in [6.45, 7) is 0. The van der Waals surface area contributed by atoms with Crippen molar-refractivity contribution in [1.82, 2.24) is 0 Å². The third-order valence-electron chi connectivity index (χ3n) is 6.28. The molecule has 0 atom stereocenters. The molecule has 4 bridgehead atoms. The third kappa shape index (κ3) is 2.73. The van der Waals surface area contributed by atoms with Gasteiger partial charge in [-0.3, -0.25) is 0 Å². The first-order chi connectivity index (χ1) is 11.3. The van der Waals surface area contributed by atoms with Gasteiger partial charge in [-0.25, -0.2) is 0 Å². The lowest BCUT2D eigenvalue weighted by atomic mass is 9.48. The summed E-state index contributed by atoms with van der Waals surface area (Å²) in [5, 5.41) is 0. The zero-order valence-corrected chi connectivity index (χ0v) is 17.7. The Morgan fingerprint density at radius 1 is 0.696 bits per heavy atom. The van der Waals surface area contributed by atoms with Gasteiger partial charge in [-0.2, -0.15) is 0 Å². The molecule has 6 heteroatoms. The summed E-state index contributed by atoms with van der Waals surface area (Å²) in [7, 11) is 12.3. The quantitative estimate of drug-likeness (QED) is 0.444. The Morgan fingerprint density at radius 2 is 1.22 bits per heavy atom. The highest BCUT2D eigenvalue weighted by Gasteiger charge is 2.62. The zero-order chi connectivity index (χ0) is 15.3. The maximum atomic E-state index is 2.40. The summed E-state index contributed by atoms with van der Waals surface area (Å²) in [5.41, 5.74) is 2.09. The Hall–Kier alpha value is 1.32. The average molecular weight is 417 g/mol. The van der Waals surface area contributed by atoms with E-state index in [1.54, 1.807) is 5.56 Å². The van der Waals surface area contributed by atoms with Crippen molar-refractivity contribution in [2.24, 2.45) is 23.2 Å². The van der Waals surface area contributed by atoms with Crippen LogP contribution in [0.1, 0.15) is 44.1 Å².